The lowest BCUT2D eigenvalue weighted by molar-refractivity contribution is 0.117. The number of likely N-dealkylation sites (N-methyl/N-ethyl adjacent to an activating group) is 1. The average molecular weight is 245 g/mol. The lowest BCUT2D eigenvalue weighted by Gasteiger charge is -2.26. The van der Waals surface area contributed by atoms with E-state index < -0.39 is 0 Å². The molecule has 2 nitrogen and oxygen atoms in total. The normalized spacial score (nSPS) is 21.2. The van der Waals surface area contributed by atoms with Crippen LogP contribution in [0.5, 0.6) is 0 Å². The van der Waals surface area contributed by atoms with Crippen molar-refractivity contribution in [1.82, 2.24) is 4.90 Å². The number of nitrogens with zero attached hydrogens (tertiary/aromatic N) is 1. The average Bonchev–Trinajstić information content (AvgIpc) is 2.40. The van der Waals surface area contributed by atoms with E-state index >= 15 is 0 Å². The number of hydrogen-bond acceptors (Lipinski definition) is 2. The van der Waals surface area contributed by atoms with Crippen molar-refractivity contribution in [1.29, 1.82) is 0 Å². The smallest absolute Gasteiger partial charge is 0.0916 e. The SMILES string of the molecule is CN(C[C@@H]1CC=CCC1)C[C@H](O)c1ccccc1. The van der Waals surface area contributed by atoms with Crippen molar-refractivity contribution in [3.63, 3.8) is 0 Å². The fourth-order valence-corrected chi connectivity index (χ4v) is 2.61. The quantitative estimate of drug-likeness (QED) is 0.806. The monoisotopic (exact) mass is 245 g/mol. The Labute approximate surface area is 110 Å². The minimum Gasteiger partial charge on any atom is -0.387 e. The van der Waals surface area contributed by atoms with Gasteiger partial charge in [-0.2, -0.15) is 0 Å². The Bertz CT molecular complexity index is 374. The van der Waals surface area contributed by atoms with E-state index in [4.69, 9.17) is 0 Å². The zero-order chi connectivity index (χ0) is 12.8. The summed E-state index contributed by atoms with van der Waals surface area (Å²) in [6, 6.07) is 9.91. The minimum absolute atomic E-state index is 0.379. The highest BCUT2D eigenvalue weighted by atomic mass is 16.3. The predicted molar refractivity (Wildman–Crippen MR) is 75.4 cm³/mol. The Kier molecular flexibility index (Phi) is 4.97. The van der Waals surface area contributed by atoms with E-state index in [9.17, 15) is 5.11 Å². The molecule has 1 aliphatic carbocycles. The summed E-state index contributed by atoms with van der Waals surface area (Å²) in [4.78, 5) is 2.25. The van der Waals surface area contributed by atoms with Gasteiger partial charge in [0, 0.05) is 13.1 Å². The molecule has 1 aromatic carbocycles. The number of benzene rings is 1. The van der Waals surface area contributed by atoms with Crippen LogP contribution in [0.1, 0.15) is 30.9 Å². The van der Waals surface area contributed by atoms with Crippen LogP contribution in [-0.4, -0.2) is 30.1 Å². The number of rotatable bonds is 5. The molecule has 0 fully saturated rings. The van der Waals surface area contributed by atoms with Crippen molar-refractivity contribution >= 4 is 0 Å². The van der Waals surface area contributed by atoms with E-state index in [1.54, 1.807) is 0 Å². The van der Waals surface area contributed by atoms with E-state index in [0.29, 0.717) is 6.54 Å². The Morgan fingerprint density at radius 3 is 2.72 bits per heavy atom. The van der Waals surface area contributed by atoms with Crippen LogP contribution in [0.15, 0.2) is 42.5 Å². The number of aliphatic hydroxyl groups excluding tert-OH is 1. The summed E-state index contributed by atoms with van der Waals surface area (Å²) in [5.74, 6) is 0.753. The van der Waals surface area contributed by atoms with Crippen molar-refractivity contribution in [2.45, 2.75) is 25.4 Å². The molecule has 0 radical (unpaired) electrons. The number of hydrogen-bond donors (Lipinski definition) is 1. The Morgan fingerprint density at radius 2 is 2.06 bits per heavy atom. The molecule has 2 heteroatoms. The molecular weight excluding hydrogens is 222 g/mol. The molecule has 0 unspecified atom stereocenters. The Morgan fingerprint density at radius 1 is 1.28 bits per heavy atom. The second-order valence-electron chi connectivity index (χ2n) is 5.30. The van der Waals surface area contributed by atoms with E-state index in [1.807, 2.05) is 30.3 Å². The fraction of sp³-hybridized carbons (Fsp3) is 0.500. The molecule has 98 valence electrons. The van der Waals surface area contributed by atoms with Crippen molar-refractivity contribution in [3.05, 3.63) is 48.0 Å². The molecule has 0 aliphatic heterocycles. The van der Waals surface area contributed by atoms with Gasteiger partial charge in [0.05, 0.1) is 6.10 Å². The maximum atomic E-state index is 10.2. The third kappa shape index (κ3) is 3.97. The summed E-state index contributed by atoms with van der Waals surface area (Å²) >= 11 is 0. The molecule has 18 heavy (non-hydrogen) atoms. The third-order valence-electron chi connectivity index (χ3n) is 3.62. The van der Waals surface area contributed by atoms with Crippen LogP contribution in [0, 0.1) is 5.92 Å². The van der Waals surface area contributed by atoms with Gasteiger partial charge in [0.1, 0.15) is 0 Å². The second-order valence-corrected chi connectivity index (χ2v) is 5.30. The van der Waals surface area contributed by atoms with Crippen LogP contribution in [0.4, 0.5) is 0 Å². The molecule has 0 aromatic heterocycles. The molecule has 0 bridgehead atoms. The molecule has 1 N–H and O–H groups in total. The topological polar surface area (TPSA) is 23.5 Å². The van der Waals surface area contributed by atoms with Crippen molar-refractivity contribution in [3.8, 4) is 0 Å². The summed E-state index contributed by atoms with van der Waals surface area (Å²) in [6.07, 6.45) is 7.86. The fourth-order valence-electron chi connectivity index (χ4n) is 2.61. The van der Waals surface area contributed by atoms with E-state index in [2.05, 4.69) is 24.1 Å². The molecular formula is C16H23NO. The van der Waals surface area contributed by atoms with Gasteiger partial charge in [0.15, 0.2) is 0 Å². The molecule has 2 atom stereocenters. The van der Waals surface area contributed by atoms with Crippen LogP contribution in [-0.2, 0) is 0 Å². The summed E-state index contributed by atoms with van der Waals surface area (Å²) in [5, 5.41) is 10.2. The van der Waals surface area contributed by atoms with Crippen molar-refractivity contribution < 1.29 is 5.11 Å². The van der Waals surface area contributed by atoms with Gasteiger partial charge in [-0.25, -0.2) is 0 Å². The van der Waals surface area contributed by atoms with E-state index in [-0.39, 0.29) is 6.10 Å². The first-order valence-corrected chi connectivity index (χ1v) is 6.82. The highest BCUT2D eigenvalue weighted by Gasteiger charge is 2.15. The first-order valence-electron chi connectivity index (χ1n) is 6.82. The van der Waals surface area contributed by atoms with Gasteiger partial charge in [-0.1, -0.05) is 42.5 Å². The summed E-state index contributed by atoms with van der Waals surface area (Å²) < 4.78 is 0. The molecule has 1 aliphatic rings. The second kappa shape index (κ2) is 6.72. The van der Waals surface area contributed by atoms with Gasteiger partial charge < -0.3 is 10.0 Å². The molecule has 0 saturated heterocycles. The molecule has 0 spiro atoms. The van der Waals surface area contributed by atoms with Gasteiger partial charge in [-0.05, 0) is 37.8 Å². The van der Waals surface area contributed by atoms with Gasteiger partial charge in [-0.15, -0.1) is 0 Å². The van der Waals surface area contributed by atoms with Crippen LogP contribution in [0.3, 0.4) is 0 Å². The highest BCUT2D eigenvalue weighted by Crippen LogP contribution is 2.20. The van der Waals surface area contributed by atoms with Gasteiger partial charge in [0.2, 0.25) is 0 Å². The van der Waals surface area contributed by atoms with Crippen LogP contribution < -0.4 is 0 Å². The maximum absolute atomic E-state index is 10.2. The number of allylic oxidation sites excluding steroid dienone is 2. The van der Waals surface area contributed by atoms with E-state index in [1.165, 1.54) is 19.3 Å². The van der Waals surface area contributed by atoms with E-state index in [0.717, 1.165) is 18.0 Å². The standard InChI is InChI=1S/C16H23NO/c1-17(12-14-8-4-2-5-9-14)13-16(18)15-10-6-3-7-11-15/h2-4,6-7,10-11,14,16,18H,5,8-9,12-13H2,1H3/t14-,16+/m1/s1. The Balaban J connectivity index is 1.80. The van der Waals surface area contributed by atoms with Crippen molar-refractivity contribution in [2.75, 3.05) is 20.1 Å². The zero-order valence-corrected chi connectivity index (χ0v) is 11.1. The predicted octanol–water partition coefficient (Wildman–Crippen LogP) is 3.01. The first-order chi connectivity index (χ1) is 8.75. The van der Waals surface area contributed by atoms with Gasteiger partial charge in [0.25, 0.3) is 0 Å². The summed E-state index contributed by atoms with van der Waals surface area (Å²) in [5.41, 5.74) is 1.01. The van der Waals surface area contributed by atoms with Crippen molar-refractivity contribution in [2.24, 2.45) is 5.92 Å². The highest BCUT2D eigenvalue weighted by molar-refractivity contribution is 5.17. The van der Waals surface area contributed by atoms with Crippen LogP contribution in [0.2, 0.25) is 0 Å². The molecule has 2 rings (SSSR count). The lowest BCUT2D eigenvalue weighted by Crippen LogP contribution is -2.30. The third-order valence-corrected chi connectivity index (χ3v) is 3.62. The zero-order valence-electron chi connectivity index (χ0n) is 11.1. The van der Waals surface area contributed by atoms with Gasteiger partial charge >= 0.3 is 0 Å². The summed E-state index contributed by atoms with van der Waals surface area (Å²) in [7, 11) is 2.10. The lowest BCUT2D eigenvalue weighted by atomic mass is 9.94. The first kappa shape index (κ1) is 13.3. The number of aliphatic hydroxyl groups is 1. The molecule has 0 saturated carbocycles. The molecule has 0 heterocycles. The molecule has 1 aromatic rings. The molecule has 0 amide bonds. The van der Waals surface area contributed by atoms with Crippen LogP contribution in [0.25, 0.3) is 0 Å². The van der Waals surface area contributed by atoms with Gasteiger partial charge in [-0.3, -0.25) is 0 Å². The Hall–Kier alpha value is -1.12. The largest absolute Gasteiger partial charge is 0.387 e. The van der Waals surface area contributed by atoms with Crippen LogP contribution >= 0.6 is 0 Å². The maximum Gasteiger partial charge on any atom is 0.0916 e. The summed E-state index contributed by atoms with van der Waals surface area (Å²) in [6.45, 7) is 1.79. The minimum atomic E-state index is -0.379.